The summed E-state index contributed by atoms with van der Waals surface area (Å²) in [5.41, 5.74) is 3.77. The molecular formula is C29H34N2O4. The summed E-state index contributed by atoms with van der Waals surface area (Å²) >= 11 is 0. The Kier molecular flexibility index (Phi) is 7.59. The van der Waals surface area contributed by atoms with Gasteiger partial charge >= 0.3 is 5.97 Å². The third-order valence-corrected chi connectivity index (χ3v) is 6.36. The predicted octanol–water partition coefficient (Wildman–Crippen LogP) is 6.57. The molecule has 6 nitrogen and oxygen atoms in total. The van der Waals surface area contributed by atoms with Crippen LogP contribution in [0.25, 0.3) is 11.3 Å². The van der Waals surface area contributed by atoms with Crippen LogP contribution in [0.2, 0.25) is 0 Å². The summed E-state index contributed by atoms with van der Waals surface area (Å²) in [5.74, 6) is 1.87. The van der Waals surface area contributed by atoms with Gasteiger partial charge in [-0.25, -0.2) is 0 Å². The SMILES string of the molecule is CC(C)CC(Nc1ccc(C(=O)N(C)CCC(=O)O)cc1)c1cc(-c2ccccc2)oc1C1CC1. The number of carbonyl (C=O) groups is 2. The lowest BCUT2D eigenvalue weighted by Crippen LogP contribution is -2.29. The fourth-order valence-electron chi connectivity index (χ4n) is 4.33. The molecule has 1 saturated carbocycles. The average molecular weight is 475 g/mol. The van der Waals surface area contributed by atoms with Gasteiger partial charge in [0.05, 0.1) is 12.5 Å². The van der Waals surface area contributed by atoms with Crippen LogP contribution in [0.4, 0.5) is 5.69 Å². The molecule has 184 valence electrons. The van der Waals surface area contributed by atoms with Gasteiger partial charge in [0.1, 0.15) is 11.5 Å². The molecule has 4 rings (SSSR count). The van der Waals surface area contributed by atoms with Crippen LogP contribution in [0, 0.1) is 5.92 Å². The minimum Gasteiger partial charge on any atom is -0.481 e. The number of amides is 1. The van der Waals surface area contributed by atoms with Crippen LogP contribution in [0.15, 0.2) is 65.1 Å². The van der Waals surface area contributed by atoms with E-state index in [1.165, 1.54) is 10.5 Å². The maximum atomic E-state index is 12.6. The van der Waals surface area contributed by atoms with Gasteiger partial charge in [-0.15, -0.1) is 0 Å². The molecule has 35 heavy (non-hydrogen) atoms. The lowest BCUT2D eigenvalue weighted by Gasteiger charge is -2.22. The zero-order valence-corrected chi connectivity index (χ0v) is 20.7. The van der Waals surface area contributed by atoms with E-state index >= 15 is 0 Å². The number of carboxylic acid groups (broad SMARTS) is 1. The Hall–Kier alpha value is -3.54. The molecule has 3 aromatic rings. The molecule has 1 fully saturated rings. The second kappa shape index (κ2) is 10.8. The Morgan fingerprint density at radius 3 is 2.37 bits per heavy atom. The zero-order valence-electron chi connectivity index (χ0n) is 20.7. The summed E-state index contributed by atoms with van der Waals surface area (Å²) in [6.07, 6.45) is 3.20. The first-order chi connectivity index (χ1) is 16.8. The molecule has 1 amide bonds. The van der Waals surface area contributed by atoms with E-state index in [9.17, 15) is 9.59 Å². The Morgan fingerprint density at radius 1 is 1.09 bits per heavy atom. The lowest BCUT2D eigenvalue weighted by molar-refractivity contribution is -0.137. The number of furan rings is 1. The molecule has 1 aromatic heterocycles. The molecule has 1 aliphatic rings. The quantitative estimate of drug-likeness (QED) is 0.328. The van der Waals surface area contributed by atoms with Crippen molar-refractivity contribution in [1.29, 1.82) is 0 Å². The molecule has 1 heterocycles. The average Bonchev–Trinajstić information content (AvgIpc) is 3.60. The highest BCUT2D eigenvalue weighted by Gasteiger charge is 2.33. The van der Waals surface area contributed by atoms with Gasteiger partial charge in [-0.3, -0.25) is 9.59 Å². The Morgan fingerprint density at radius 2 is 1.77 bits per heavy atom. The number of hydrogen-bond donors (Lipinski definition) is 2. The number of hydrogen-bond acceptors (Lipinski definition) is 4. The first kappa shape index (κ1) is 24.6. The molecule has 6 heteroatoms. The number of carbonyl (C=O) groups excluding carboxylic acids is 1. The number of aliphatic carboxylic acids is 1. The van der Waals surface area contributed by atoms with Crippen molar-refractivity contribution < 1.29 is 19.1 Å². The van der Waals surface area contributed by atoms with Gasteiger partial charge in [0.2, 0.25) is 0 Å². The molecular weight excluding hydrogens is 440 g/mol. The van der Waals surface area contributed by atoms with Crippen LogP contribution in [0.3, 0.4) is 0 Å². The Labute approximate surface area is 207 Å². The normalized spacial score (nSPS) is 14.1. The van der Waals surface area contributed by atoms with Crippen molar-refractivity contribution in [3.05, 3.63) is 77.6 Å². The van der Waals surface area contributed by atoms with Crippen molar-refractivity contribution in [3.8, 4) is 11.3 Å². The predicted molar refractivity (Wildman–Crippen MR) is 138 cm³/mol. The molecule has 2 aromatic carbocycles. The molecule has 0 saturated heterocycles. The molecule has 1 unspecified atom stereocenters. The van der Waals surface area contributed by atoms with Crippen molar-refractivity contribution in [3.63, 3.8) is 0 Å². The maximum Gasteiger partial charge on any atom is 0.305 e. The molecule has 0 radical (unpaired) electrons. The van der Waals surface area contributed by atoms with Gasteiger partial charge in [0.25, 0.3) is 5.91 Å². The molecule has 0 bridgehead atoms. The Balaban J connectivity index is 1.55. The summed E-state index contributed by atoms with van der Waals surface area (Å²) in [5, 5.41) is 12.5. The highest BCUT2D eigenvalue weighted by Crippen LogP contribution is 2.47. The third-order valence-electron chi connectivity index (χ3n) is 6.36. The summed E-state index contributed by atoms with van der Waals surface area (Å²) in [6, 6.07) is 19.9. The number of nitrogens with one attached hydrogen (secondary N) is 1. The van der Waals surface area contributed by atoms with E-state index < -0.39 is 5.97 Å². The topological polar surface area (TPSA) is 82.8 Å². The van der Waals surface area contributed by atoms with Crippen molar-refractivity contribution in [2.24, 2.45) is 5.92 Å². The minimum atomic E-state index is -0.916. The molecule has 1 aliphatic carbocycles. The molecule has 2 N–H and O–H groups in total. The van der Waals surface area contributed by atoms with Crippen LogP contribution in [-0.2, 0) is 4.79 Å². The highest BCUT2D eigenvalue weighted by molar-refractivity contribution is 5.94. The lowest BCUT2D eigenvalue weighted by atomic mass is 9.95. The first-order valence-electron chi connectivity index (χ1n) is 12.3. The van der Waals surface area contributed by atoms with Gasteiger partial charge in [-0.2, -0.15) is 0 Å². The molecule has 1 atom stereocenters. The monoisotopic (exact) mass is 474 g/mol. The van der Waals surface area contributed by atoms with Crippen LogP contribution < -0.4 is 5.32 Å². The summed E-state index contributed by atoms with van der Waals surface area (Å²) in [6.45, 7) is 4.62. The van der Waals surface area contributed by atoms with Crippen LogP contribution >= 0.6 is 0 Å². The number of rotatable bonds is 11. The number of carboxylic acids is 1. The summed E-state index contributed by atoms with van der Waals surface area (Å²) in [4.78, 5) is 24.9. The van der Waals surface area contributed by atoms with Gasteiger partial charge in [-0.05, 0) is 55.5 Å². The van der Waals surface area contributed by atoms with Crippen LogP contribution in [-0.4, -0.2) is 35.5 Å². The van der Waals surface area contributed by atoms with E-state index in [-0.39, 0.29) is 24.9 Å². The molecule has 0 aliphatic heterocycles. The smallest absolute Gasteiger partial charge is 0.305 e. The van der Waals surface area contributed by atoms with Crippen molar-refractivity contribution in [2.45, 2.75) is 51.5 Å². The summed E-state index contributed by atoms with van der Waals surface area (Å²) in [7, 11) is 1.62. The molecule has 0 spiro atoms. The first-order valence-corrected chi connectivity index (χ1v) is 12.3. The standard InChI is InChI=1S/C29H34N2O4/c1-19(2)17-25(24-18-26(20-7-5-4-6-8-20)35-28(24)21-9-10-21)30-23-13-11-22(12-14-23)29(34)31(3)16-15-27(32)33/h4-8,11-14,18-19,21,25,30H,9-10,15-17H2,1-3H3,(H,32,33). The number of anilines is 1. The van der Waals surface area contributed by atoms with E-state index in [1.807, 2.05) is 30.3 Å². The van der Waals surface area contributed by atoms with Crippen LogP contribution in [0.1, 0.15) is 73.2 Å². The number of nitrogens with zero attached hydrogens (tertiary/aromatic N) is 1. The van der Waals surface area contributed by atoms with Crippen molar-refractivity contribution in [1.82, 2.24) is 4.90 Å². The third kappa shape index (κ3) is 6.32. The second-order valence-electron chi connectivity index (χ2n) is 9.84. The van der Waals surface area contributed by atoms with E-state index in [4.69, 9.17) is 9.52 Å². The van der Waals surface area contributed by atoms with E-state index in [1.54, 1.807) is 19.2 Å². The van der Waals surface area contributed by atoms with Crippen molar-refractivity contribution >= 4 is 17.6 Å². The van der Waals surface area contributed by atoms with Gasteiger partial charge < -0.3 is 19.7 Å². The van der Waals surface area contributed by atoms with E-state index in [0.717, 1.165) is 42.0 Å². The van der Waals surface area contributed by atoms with Gasteiger partial charge in [0.15, 0.2) is 0 Å². The van der Waals surface area contributed by atoms with Gasteiger partial charge in [-0.1, -0.05) is 44.2 Å². The zero-order chi connectivity index (χ0) is 24.9. The van der Waals surface area contributed by atoms with Gasteiger partial charge in [0, 0.05) is 41.9 Å². The summed E-state index contributed by atoms with van der Waals surface area (Å²) < 4.78 is 6.41. The van der Waals surface area contributed by atoms with Crippen LogP contribution in [0.5, 0.6) is 0 Å². The second-order valence-corrected chi connectivity index (χ2v) is 9.84. The number of benzene rings is 2. The van der Waals surface area contributed by atoms with E-state index in [2.05, 4.69) is 37.4 Å². The maximum absolute atomic E-state index is 12.6. The van der Waals surface area contributed by atoms with E-state index in [0.29, 0.717) is 17.4 Å². The largest absolute Gasteiger partial charge is 0.481 e. The fourth-order valence-corrected chi connectivity index (χ4v) is 4.33. The highest BCUT2D eigenvalue weighted by atomic mass is 16.4. The Bertz CT molecular complexity index is 1150. The fraction of sp³-hybridized carbons (Fsp3) is 0.379. The van der Waals surface area contributed by atoms with Crippen molar-refractivity contribution in [2.75, 3.05) is 18.9 Å². The minimum absolute atomic E-state index is 0.0717.